The quantitative estimate of drug-likeness (QED) is 0.182. The van der Waals surface area contributed by atoms with Crippen molar-refractivity contribution in [3.8, 4) is 33.4 Å². The summed E-state index contributed by atoms with van der Waals surface area (Å²) in [5.74, 6) is 0. The highest BCUT2D eigenvalue weighted by Gasteiger charge is 2.46. The van der Waals surface area contributed by atoms with E-state index in [1.807, 2.05) is 0 Å². The first-order valence-electron chi connectivity index (χ1n) is 16.8. The Hall–Kier alpha value is -5.98. The van der Waals surface area contributed by atoms with Gasteiger partial charge >= 0.3 is 0 Å². The molecule has 9 rings (SSSR count). The minimum absolute atomic E-state index is 0.453. The minimum atomic E-state index is -0.453. The number of fused-ring (bicyclic) bond motifs is 5. The lowest BCUT2D eigenvalue weighted by molar-refractivity contribution is 0.769. The molecular formula is C48H34. The molecule has 0 aromatic heterocycles. The van der Waals surface area contributed by atoms with E-state index < -0.39 is 5.41 Å². The Bertz CT molecular complexity index is 2440. The predicted octanol–water partition coefficient (Wildman–Crippen LogP) is 12.7. The molecule has 0 heterocycles. The molecular weight excluding hydrogens is 577 g/mol. The number of allylic oxidation sites excluding steroid dienone is 1. The first-order valence-corrected chi connectivity index (χ1v) is 16.8. The maximum atomic E-state index is 2.52. The predicted molar refractivity (Wildman–Crippen MR) is 204 cm³/mol. The fraction of sp³-hybridized carbons (Fsp3) is 0.0417. The first kappa shape index (κ1) is 28.3. The normalized spacial score (nSPS) is 13.2. The van der Waals surface area contributed by atoms with E-state index in [1.54, 1.807) is 0 Å². The van der Waals surface area contributed by atoms with Crippen molar-refractivity contribution in [3.05, 3.63) is 210 Å². The molecule has 0 amide bonds. The van der Waals surface area contributed by atoms with E-state index in [4.69, 9.17) is 0 Å². The van der Waals surface area contributed by atoms with Crippen LogP contribution in [0.15, 0.2) is 182 Å². The average molecular weight is 611 g/mol. The third kappa shape index (κ3) is 4.23. The fourth-order valence-electron chi connectivity index (χ4n) is 8.19. The van der Waals surface area contributed by atoms with Crippen molar-refractivity contribution in [2.75, 3.05) is 0 Å². The van der Waals surface area contributed by atoms with Crippen LogP contribution in [0.4, 0.5) is 0 Å². The van der Waals surface area contributed by atoms with E-state index >= 15 is 0 Å². The highest BCUT2D eigenvalue weighted by molar-refractivity contribution is 6.12. The Morgan fingerprint density at radius 1 is 0.396 bits per heavy atom. The van der Waals surface area contributed by atoms with Crippen LogP contribution in [0, 0.1) is 0 Å². The van der Waals surface area contributed by atoms with Crippen molar-refractivity contribution in [2.45, 2.75) is 12.3 Å². The van der Waals surface area contributed by atoms with E-state index in [-0.39, 0.29) is 0 Å². The summed E-state index contributed by atoms with van der Waals surface area (Å²) in [6.45, 7) is 2.07. The van der Waals surface area contributed by atoms with Crippen molar-refractivity contribution >= 4 is 27.6 Å². The van der Waals surface area contributed by atoms with Crippen molar-refractivity contribution in [2.24, 2.45) is 0 Å². The van der Waals surface area contributed by atoms with Crippen LogP contribution < -0.4 is 0 Å². The second-order valence-corrected chi connectivity index (χ2v) is 12.8. The molecule has 0 spiro atoms. The Labute approximate surface area is 282 Å². The van der Waals surface area contributed by atoms with E-state index in [0.29, 0.717) is 0 Å². The molecule has 0 radical (unpaired) electrons. The summed E-state index contributed by atoms with van der Waals surface area (Å²) in [5.41, 5.74) is 13.6. The van der Waals surface area contributed by atoms with Gasteiger partial charge in [0, 0.05) is 0 Å². The maximum absolute atomic E-state index is 2.52. The number of rotatable bonds is 5. The van der Waals surface area contributed by atoms with Gasteiger partial charge in [-0.2, -0.15) is 0 Å². The van der Waals surface area contributed by atoms with E-state index in [9.17, 15) is 0 Å². The lowest BCUT2D eigenvalue weighted by Crippen LogP contribution is -2.28. The second kappa shape index (κ2) is 11.4. The van der Waals surface area contributed by atoms with Crippen molar-refractivity contribution in [3.63, 3.8) is 0 Å². The highest BCUT2D eigenvalue weighted by Crippen LogP contribution is 2.57. The Balaban J connectivity index is 1.43. The van der Waals surface area contributed by atoms with Gasteiger partial charge in [-0.15, -0.1) is 0 Å². The van der Waals surface area contributed by atoms with E-state index in [2.05, 4.69) is 195 Å². The van der Waals surface area contributed by atoms with Crippen LogP contribution in [0.25, 0.3) is 61.0 Å². The summed E-state index contributed by atoms with van der Waals surface area (Å²) in [7, 11) is 0. The van der Waals surface area contributed by atoms with Crippen LogP contribution in [0.5, 0.6) is 0 Å². The van der Waals surface area contributed by atoms with Gasteiger partial charge in [0.15, 0.2) is 0 Å². The molecule has 0 atom stereocenters. The molecule has 8 aromatic rings. The first-order chi connectivity index (χ1) is 23.8. The average Bonchev–Trinajstić information content (AvgIpc) is 3.45. The van der Waals surface area contributed by atoms with E-state index in [0.717, 1.165) is 0 Å². The summed E-state index contributed by atoms with van der Waals surface area (Å²) in [6.07, 6.45) is 4.25. The molecule has 0 saturated carbocycles. The zero-order valence-corrected chi connectivity index (χ0v) is 26.9. The molecule has 0 N–H and O–H groups in total. The molecule has 48 heavy (non-hydrogen) atoms. The molecule has 0 saturated heterocycles. The maximum Gasteiger partial charge on any atom is 0.0713 e. The van der Waals surface area contributed by atoms with Crippen LogP contribution in [-0.2, 0) is 5.41 Å². The number of hydrogen-bond acceptors (Lipinski definition) is 0. The molecule has 1 aliphatic rings. The van der Waals surface area contributed by atoms with Gasteiger partial charge in [0.05, 0.1) is 5.41 Å². The second-order valence-electron chi connectivity index (χ2n) is 12.8. The number of hydrogen-bond donors (Lipinski definition) is 0. The third-order valence-electron chi connectivity index (χ3n) is 10.3. The highest BCUT2D eigenvalue weighted by atomic mass is 14.5. The van der Waals surface area contributed by atoms with Crippen molar-refractivity contribution in [1.29, 1.82) is 0 Å². The zero-order chi connectivity index (χ0) is 32.1. The molecule has 8 aromatic carbocycles. The Morgan fingerprint density at radius 3 is 1.73 bits per heavy atom. The summed E-state index contributed by atoms with van der Waals surface area (Å²) < 4.78 is 0. The van der Waals surface area contributed by atoms with Crippen molar-refractivity contribution in [1.82, 2.24) is 0 Å². The molecule has 0 unspecified atom stereocenters. The van der Waals surface area contributed by atoms with Crippen molar-refractivity contribution < 1.29 is 0 Å². The summed E-state index contributed by atoms with van der Waals surface area (Å²) >= 11 is 0. The third-order valence-corrected chi connectivity index (χ3v) is 10.3. The van der Waals surface area contributed by atoms with Gasteiger partial charge in [-0.1, -0.05) is 176 Å². The minimum Gasteiger partial charge on any atom is -0.0871 e. The Morgan fingerprint density at radius 2 is 0.979 bits per heavy atom. The summed E-state index contributed by atoms with van der Waals surface area (Å²) in [6, 6.07) is 65.3. The molecule has 1 aliphatic carbocycles. The Kier molecular flexibility index (Phi) is 6.69. The monoisotopic (exact) mass is 610 g/mol. The van der Waals surface area contributed by atoms with Crippen LogP contribution in [0.1, 0.15) is 34.7 Å². The fourth-order valence-corrected chi connectivity index (χ4v) is 8.19. The lowest BCUT2D eigenvalue weighted by Gasteiger charge is -2.34. The van der Waals surface area contributed by atoms with Crippen LogP contribution in [0.3, 0.4) is 0 Å². The van der Waals surface area contributed by atoms with Crippen LogP contribution in [-0.4, -0.2) is 0 Å². The van der Waals surface area contributed by atoms with Gasteiger partial charge in [-0.3, -0.25) is 0 Å². The number of benzene rings is 8. The largest absolute Gasteiger partial charge is 0.0871 e. The topological polar surface area (TPSA) is 0 Å². The SMILES string of the molecule is C/C=C/c1ccc(-c2ccc(-c3cccc4ccccc34)c3cc4c(cc23)C(c2ccccc2)(c2ccccc2)c2ccccc2-4)cc1. The van der Waals surface area contributed by atoms with Gasteiger partial charge in [-0.25, -0.2) is 0 Å². The lowest BCUT2D eigenvalue weighted by atomic mass is 9.67. The van der Waals surface area contributed by atoms with Gasteiger partial charge in [0.1, 0.15) is 0 Å². The van der Waals surface area contributed by atoms with Crippen LogP contribution in [0.2, 0.25) is 0 Å². The zero-order valence-electron chi connectivity index (χ0n) is 26.9. The van der Waals surface area contributed by atoms with Gasteiger partial charge in [-0.05, 0) is 102 Å². The standard InChI is InChI=1S/C48H34/c1-2-14-33-25-27-35(28-26-33)39-29-30-41(40-23-13-16-34-15-9-10-21-38(34)40)43-31-45-42-22-11-12-24-46(42)48(47(45)32-44(39)43,36-17-5-3-6-18-36)37-19-7-4-8-20-37/h2-32H,1H3/b14-2+. The molecule has 0 bridgehead atoms. The summed E-state index contributed by atoms with van der Waals surface area (Å²) in [5, 5.41) is 5.06. The molecule has 0 nitrogen and oxygen atoms in total. The van der Waals surface area contributed by atoms with Crippen LogP contribution >= 0.6 is 0 Å². The smallest absolute Gasteiger partial charge is 0.0713 e. The van der Waals surface area contributed by atoms with Gasteiger partial charge in [0.2, 0.25) is 0 Å². The van der Waals surface area contributed by atoms with Gasteiger partial charge in [0.25, 0.3) is 0 Å². The molecule has 226 valence electrons. The molecule has 0 fully saturated rings. The summed E-state index contributed by atoms with van der Waals surface area (Å²) in [4.78, 5) is 0. The van der Waals surface area contributed by atoms with Gasteiger partial charge < -0.3 is 0 Å². The molecule has 0 aliphatic heterocycles. The molecule has 0 heteroatoms. The van der Waals surface area contributed by atoms with E-state index in [1.165, 1.54) is 82.7 Å².